The lowest BCUT2D eigenvalue weighted by molar-refractivity contribution is -0.123. The highest BCUT2D eigenvalue weighted by atomic mass is 79.9. The molecule has 0 aliphatic rings. The standard InChI is InChI=1S/C19H19Br2N3O3/c1-12-3-8-17(16(21)9-12)27-11-19(26)24-23-13(2)10-18(25)22-15-6-4-14(20)5-7-15/h3-9H,10-11H2,1-2H3,(H,22,25)(H,24,26)/b23-13+. The molecule has 0 atom stereocenters. The molecule has 0 aliphatic carbocycles. The van der Waals surface area contributed by atoms with Crippen molar-refractivity contribution in [2.75, 3.05) is 11.9 Å². The van der Waals surface area contributed by atoms with E-state index in [4.69, 9.17) is 4.74 Å². The van der Waals surface area contributed by atoms with E-state index in [0.29, 0.717) is 17.1 Å². The number of halogens is 2. The Hall–Kier alpha value is -2.19. The third kappa shape index (κ3) is 7.52. The number of hydrogen-bond donors (Lipinski definition) is 2. The summed E-state index contributed by atoms with van der Waals surface area (Å²) in [6, 6.07) is 12.8. The Balaban J connectivity index is 1.77. The van der Waals surface area contributed by atoms with Crippen LogP contribution in [-0.4, -0.2) is 24.1 Å². The van der Waals surface area contributed by atoms with Crippen LogP contribution >= 0.6 is 31.9 Å². The highest BCUT2D eigenvalue weighted by Gasteiger charge is 2.07. The van der Waals surface area contributed by atoms with Crippen molar-refractivity contribution in [3.05, 3.63) is 57.0 Å². The van der Waals surface area contributed by atoms with E-state index in [-0.39, 0.29) is 18.9 Å². The van der Waals surface area contributed by atoms with Crippen molar-refractivity contribution in [1.29, 1.82) is 0 Å². The van der Waals surface area contributed by atoms with E-state index in [1.807, 2.05) is 31.2 Å². The molecule has 0 radical (unpaired) electrons. The summed E-state index contributed by atoms with van der Waals surface area (Å²) in [7, 11) is 0. The zero-order chi connectivity index (χ0) is 19.8. The lowest BCUT2D eigenvalue weighted by atomic mass is 10.2. The van der Waals surface area contributed by atoms with Crippen LogP contribution in [0.2, 0.25) is 0 Å². The number of nitrogens with one attached hydrogen (secondary N) is 2. The summed E-state index contributed by atoms with van der Waals surface area (Å²) in [4.78, 5) is 23.8. The number of anilines is 1. The topological polar surface area (TPSA) is 79.8 Å². The first kappa shape index (κ1) is 21.1. The number of benzene rings is 2. The van der Waals surface area contributed by atoms with Crippen LogP contribution < -0.4 is 15.5 Å². The van der Waals surface area contributed by atoms with Gasteiger partial charge in [-0.1, -0.05) is 22.0 Å². The van der Waals surface area contributed by atoms with Gasteiger partial charge < -0.3 is 10.1 Å². The Morgan fingerprint density at radius 3 is 2.44 bits per heavy atom. The normalized spacial score (nSPS) is 11.0. The summed E-state index contributed by atoms with van der Waals surface area (Å²) in [5.41, 5.74) is 4.64. The van der Waals surface area contributed by atoms with Crippen molar-refractivity contribution in [3.63, 3.8) is 0 Å². The molecule has 0 heterocycles. The van der Waals surface area contributed by atoms with Gasteiger partial charge in [-0.25, -0.2) is 5.43 Å². The van der Waals surface area contributed by atoms with E-state index in [1.165, 1.54) is 0 Å². The van der Waals surface area contributed by atoms with Gasteiger partial charge in [-0.3, -0.25) is 9.59 Å². The molecule has 2 N–H and O–H groups in total. The van der Waals surface area contributed by atoms with Gasteiger partial charge in [0.1, 0.15) is 5.75 Å². The fourth-order valence-corrected chi connectivity index (χ4v) is 2.94. The van der Waals surface area contributed by atoms with Gasteiger partial charge >= 0.3 is 0 Å². The minimum Gasteiger partial charge on any atom is -0.483 e. The lowest BCUT2D eigenvalue weighted by Crippen LogP contribution is -2.26. The molecule has 6 nitrogen and oxygen atoms in total. The predicted octanol–water partition coefficient (Wildman–Crippen LogP) is 4.42. The van der Waals surface area contributed by atoms with Gasteiger partial charge in [0.05, 0.1) is 10.9 Å². The molecule has 2 amide bonds. The zero-order valence-corrected chi connectivity index (χ0v) is 18.1. The number of hydrazone groups is 1. The minimum absolute atomic E-state index is 0.0702. The number of carbonyl (C=O) groups excluding carboxylic acids is 2. The number of aryl methyl sites for hydroxylation is 1. The van der Waals surface area contributed by atoms with Gasteiger partial charge in [0.2, 0.25) is 5.91 Å². The molecule has 0 aliphatic heterocycles. The van der Waals surface area contributed by atoms with Gasteiger partial charge in [-0.15, -0.1) is 0 Å². The first-order valence-corrected chi connectivity index (χ1v) is 9.68. The molecule has 0 unspecified atom stereocenters. The van der Waals surface area contributed by atoms with Crippen molar-refractivity contribution in [2.45, 2.75) is 20.3 Å². The summed E-state index contributed by atoms with van der Waals surface area (Å²) in [5, 5.41) is 6.69. The molecular weight excluding hydrogens is 478 g/mol. The molecular formula is C19H19Br2N3O3. The Morgan fingerprint density at radius 1 is 1.07 bits per heavy atom. The molecule has 2 aromatic rings. The van der Waals surface area contributed by atoms with E-state index in [9.17, 15) is 9.59 Å². The van der Waals surface area contributed by atoms with Crippen LogP contribution in [0.1, 0.15) is 18.9 Å². The molecule has 0 saturated heterocycles. The molecule has 0 saturated carbocycles. The zero-order valence-electron chi connectivity index (χ0n) is 14.9. The molecule has 0 aromatic heterocycles. The molecule has 8 heteroatoms. The molecule has 0 fully saturated rings. The SMILES string of the molecule is C/C(CC(=O)Nc1ccc(Br)cc1)=N\NC(=O)COc1ccc(C)cc1Br. The smallest absolute Gasteiger partial charge is 0.277 e. The largest absolute Gasteiger partial charge is 0.483 e. The third-order valence-electron chi connectivity index (χ3n) is 3.36. The molecule has 0 spiro atoms. The number of amides is 2. The summed E-state index contributed by atoms with van der Waals surface area (Å²) >= 11 is 6.72. The number of hydrogen-bond acceptors (Lipinski definition) is 4. The second-order valence-corrected chi connectivity index (χ2v) is 7.61. The Labute approximate surface area is 174 Å². The van der Waals surface area contributed by atoms with E-state index in [2.05, 4.69) is 47.7 Å². The van der Waals surface area contributed by atoms with E-state index in [0.717, 1.165) is 14.5 Å². The maximum Gasteiger partial charge on any atom is 0.277 e. The van der Waals surface area contributed by atoms with Crippen LogP contribution in [0.15, 0.2) is 56.5 Å². The monoisotopic (exact) mass is 495 g/mol. The van der Waals surface area contributed by atoms with Crippen LogP contribution in [-0.2, 0) is 9.59 Å². The van der Waals surface area contributed by atoms with Crippen LogP contribution in [0, 0.1) is 6.92 Å². The second kappa shape index (κ2) is 10.2. The van der Waals surface area contributed by atoms with Gasteiger partial charge in [0.15, 0.2) is 6.61 Å². The number of nitrogens with zero attached hydrogens (tertiary/aromatic N) is 1. The minimum atomic E-state index is -0.407. The Morgan fingerprint density at radius 2 is 1.78 bits per heavy atom. The summed E-state index contributed by atoms with van der Waals surface area (Å²) < 4.78 is 7.15. The number of rotatable bonds is 7. The fraction of sp³-hybridized carbons (Fsp3) is 0.211. The predicted molar refractivity (Wildman–Crippen MR) is 113 cm³/mol. The third-order valence-corrected chi connectivity index (χ3v) is 4.51. The van der Waals surface area contributed by atoms with Crippen LogP contribution in [0.25, 0.3) is 0 Å². The van der Waals surface area contributed by atoms with E-state index in [1.54, 1.807) is 25.1 Å². The maximum atomic E-state index is 12.0. The van der Waals surface area contributed by atoms with Crippen molar-refractivity contribution < 1.29 is 14.3 Å². The van der Waals surface area contributed by atoms with Gasteiger partial charge in [-0.2, -0.15) is 5.10 Å². The Kier molecular flexibility index (Phi) is 7.99. The van der Waals surface area contributed by atoms with Gasteiger partial charge in [0.25, 0.3) is 5.91 Å². The molecule has 2 aromatic carbocycles. The van der Waals surface area contributed by atoms with Gasteiger partial charge in [0, 0.05) is 15.9 Å². The first-order chi connectivity index (χ1) is 12.8. The number of ether oxygens (including phenoxy) is 1. The summed E-state index contributed by atoms with van der Waals surface area (Å²) in [5.74, 6) is -0.0480. The van der Waals surface area contributed by atoms with Crippen LogP contribution in [0.4, 0.5) is 5.69 Å². The van der Waals surface area contributed by atoms with Crippen LogP contribution in [0.5, 0.6) is 5.75 Å². The maximum absolute atomic E-state index is 12.0. The Bertz CT molecular complexity index is 852. The number of carbonyl (C=O) groups is 2. The highest BCUT2D eigenvalue weighted by Crippen LogP contribution is 2.25. The summed E-state index contributed by atoms with van der Waals surface area (Å²) in [6.45, 7) is 3.45. The molecule has 142 valence electrons. The van der Waals surface area contributed by atoms with Crippen LogP contribution in [0.3, 0.4) is 0 Å². The molecule has 27 heavy (non-hydrogen) atoms. The molecule has 2 rings (SSSR count). The van der Waals surface area contributed by atoms with E-state index >= 15 is 0 Å². The quantitative estimate of drug-likeness (QED) is 0.439. The van der Waals surface area contributed by atoms with Crippen molar-refractivity contribution in [3.8, 4) is 5.75 Å². The first-order valence-electron chi connectivity index (χ1n) is 8.10. The second-order valence-electron chi connectivity index (χ2n) is 5.84. The lowest BCUT2D eigenvalue weighted by Gasteiger charge is -2.08. The van der Waals surface area contributed by atoms with Gasteiger partial charge in [-0.05, 0) is 71.7 Å². The summed E-state index contributed by atoms with van der Waals surface area (Å²) in [6.07, 6.45) is 0.0702. The highest BCUT2D eigenvalue weighted by molar-refractivity contribution is 9.10. The van der Waals surface area contributed by atoms with Crippen molar-refractivity contribution in [1.82, 2.24) is 5.43 Å². The average molecular weight is 497 g/mol. The fourth-order valence-electron chi connectivity index (χ4n) is 2.07. The average Bonchev–Trinajstić information content (AvgIpc) is 2.61. The van der Waals surface area contributed by atoms with Crippen molar-refractivity contribution >= 4 is 55.1 Å². The molecule has 0 bridgehead atoms. The van der Waals surface area contributed by atoms with E-state index < -0.39 is 5.91 Å². The van der Waals surface area contributed by atoms with Crippen molar-refractivity contribution in [2.24, 2.45) is 5.10 Å².